The average molecular weight is 381 g/mol. The van der Waals surface area contributed by atoms with Crippen LogP contribution in [0, 0.1) is 11.6 Å². The molecule has 1 heterocycles. The summed E-state index contributed by atoms with van der Waals surface area (Å²) in [5.74, 6) is 0.907. The molecular formula is C18H17F2NO2S2. The molecular weight excluding hydrogens is 364 g/mol. The van der Waals surface area contributed by atoms with Crippen LogP contribution in [-0.4, -0.2) is 24.0 Å². The maximum absolute atomic E-state index is 13.5. The van der Waals surface area contributed by atoms with Crippen LogP contribution in [0.3, 0.4) is 0 Å². The van der Waals surface area contributed by atoms with Crippen LogP contribution >= 0.6 is 23.5 Å². The standard InChI is InChI=1S/C18H17F2NO2S2/c19-13-4-7-16(15(20)10-13)21-17(22)11-23-14-5-2-12(3-6-14)18-24-8-1-9-25-18/h2-7,10,18H,1,8-9,11H2,(H,21,22). The van der Waals surface area contributed by atoms with Crippen LogP contribution in [0.2, 0.25) is 0 Å². The van der Waals surface area contributed by atoms with Crippen molar-refractivity contribution in [3.63, 3.8) is 0 Å². The lowest BCUT2D eigenvalue weighted by Crippen LogP contribution is -2.20. The molecule has 0 spiro atoms. The monoisotopic (exact) mass is 381 g/mol. The number of hydrogen-bond donors (Lipinski definition) is 1. The van der Waals surface area contributed by atoms with Gasteiger partial charge < -0.3 is 10.1 Å². The van der Waals surface area contributed by atoms with Gasteiger partial charge in [-0.2, -0.15) is 0 Å². The number of thioether (sulfide) groups is 2. The predicted molar refractivity (Wildman–Crippen MR) is 99.2 cm³/mol. The molecule has 3 nitrogen and oxygen atoms in total. The second-order valence-electron chi connectivity index (χ2n) is 5.46. The fourth-order valence-electron chi connectivity index (χ4n) is 2.33. The molecule has 1 saturated heterocycles. The van der Waals surface area contributed by atoms with Gasteiger partial charge >= 0.3 is 0 Å². The van der Waals surface area contributed by atoms with Crippen molar-refractivity contribution in [3.8, 4) is 5.75 Å². The van der Waals surface area contributed by atoms with E-state index in [-0.39, 0.29) is 12.3 Å². The third-order valence-corrected chi connectivity index (χ3v) is 6.57. The lowest BCUT2D eigenvalue weighted by atomic mass is 10.2. The summed E-state index contributed by atoms with van der Waals surface area (Å²) in [6.07, 6.45) is 1.25. The van der Waals surface area contributed by atoms with Crippen LogP contribution < -0.4 is 10.1 Å². The Morgan fingerprint density at radius 1 is 1.12 bits per heavy atom. The van der Waals surface area contributed by atoms with Gasteiger partial charge in [0.25, 0.3) is 5.91 Å². The first kappa shape index (κ1) is 18.1. The SMILES string of the molecule is O=C(COc1ccc(C2SCCCS2)cc1)Nc1ccc(F)cc1F. The molecule has 1 aliphatic heterocycles. The van der Waals surface area contributed by atoms with Gasteiger partial charge in [0.2, 0.25) is 0 Å². The van der Waals surface area contributed by atoms with Crippen molar-refractivity contribution in [2.75, 3.05) is 23.4 Å². The predicted octanol–water partition coefficient (Wildman–Crippen LogP) is 4.85. The zero-order chi connectivity index (χ0) is 17.6. The van der Waals surface area contributed by atoms with E-state index in [1.54, 1.807) is 0 Å². The maximum atomic E-state index is 13.5. The van der Waals surface area contributed by atoms with E-state index in [0.29, 0.717) is 10.3 Å². The third kappa shape index (κ3) is 5.12. The molecule has 7 heteroatoms. The second-order valence-corrected chi connectivity index (χ2v) is 8.18. The van der Waals surface area contributed by atoms with E-state index >= 15 is 0 Å². The molecule has 25 heavy (non-hydrogen) atoms. The Bertz CT molecular complexity index is 734. The van der Waals surface area contributed by atoms with Crippen LogP contribution in [0.4, 0.5) is 14.5 Å². The van der Waals surface area contributed by atoms with Gasteiger partial charge in [0, 0.05) is 6.07 Å². The first-order valence-electron chi connectivity index (χ1n) is 7.83. The molecule has 1 fully saturated rings. The first-order valence-corrected chi connectivity index (χ1v) is 9.92. The van der Waals surface area contributed by atoms with E-state index in [1.807, 2.05) is 47.8 Å². The van der Waals surface area contributed by atoms with Gasteiger partial charge in [-0.1, -0.05) is 12.1 Å². The van der Waals surface area contributed by atoms with Gasteiger partial charge in [0.15, 0.2) is 6.61 Å². The molecule has 0 unspecified atom stereocenters. The number of amides is 1. The summed E-state index contributed by atoms with van der Waals surface area (Å²) in [4.78, 5) is 11.8. The van der Waals surface area contributed by atoms with Crippen LogP contribution in [0.5, 0.6) is 5.75 Å². The number of anilines is 1. The summed E-state index contributed by atoms with van der Waals surface area (Å²) in [6.45, 7) is -0.247. The number of ether oxygens (including phenoxy) is 1. The van der Waals surface area contributed by atoms with E-state index in [1.165, 1.54) is 29.6 Å². The van der Waals surface area contributed by atoms with Crippen LogP contribution in [0.15, 0.2) is 42.5 Å². The zero-order valence-corrected chi connectivity index (χ0v) is 15.0. The highest BCUT2D eigenvalue weighted by Crippen LogP contribution is 2.43. The summed E-state index contributed by atoms with van der Waals surface area (Å²) >= 11 is 3.88. The molecule has 3 rings (SSSR count). The van der Waals surface area contributed by atoms with Crippen LogP contribution in [0.1, 0.15) is 16.6 Å². The summed E-state index contributed by atoms with van der Waals surface area (Å²) < 4.78 is 32.2. The number of nitrogens with one attached hydrogen (secondary N) is 1. The fraction of sp³-hybridized carbons (Fsp3) is 0.278. The summed E-state index contributed by atoms with van der Waals surface area (Å²) in [5, 5.41) is 2.36. The number of hydrogen-bond acceptors (Lipinski definition) is 4. The van der Waals surface area contributed by atoms with Crippen molar-refractivity contribution in [1.29, 1.82) is 0 Å². The molecule has 0 saturated carbocycles. The van der Waals surface area contributed by atoms with E-state index < -0.39 is 17.5 Å². The Balaban J connectivity index is 1.51. The van der Waals surface area contributed by atoms with Gasteiger partial charge in [-0.15, -0.1) is 23.5 Å². The minimum Gasteiger partial charge on any atom is -0.484 e. The molecule has 0 radical (unpaired) electrons. The van der Waals surface area contributed by atoms with Gasteiger partial charge in [-0.05, 0) is 47.8 Å². The molecule has 1 amide bonds. The van der Waals surface area contributed by atoms with Crippen molar-refractivity contribution < 1.29 is 18.3 Å². The Labute approximate surface area is 153 Å². The van der Waals surface area contributed by atoms with Crippen LogP contribution in [-0.2, 0) is 4.79 Å². The van der Waals surface area contributed by atoms with Crippen molar-refractivity contribution in [2.45, 2.75) is 11.0 Å². The Morgan fingerprint density at radius 2 is 1.84 bits per heavy atom. The van der Waals surface area contributed by atoms with Crippen LogP contribution in [0.25, 0.3) is 0 Å². The number of carbonyl (C=O) groups excluding carboxylic acids is 1. The van der Waals surface area contributed by atoms with Gasteiger partial charge in [-0.25, -0.2) is 8.78 Å². The van der Waals surface area contributed by atoms with E-state index in [4.69, 9.17) is 4.74 Å². The van der Waals surface area contributed by atoms with Gasteiger partial charge in [0.1, 0.15) is 17.4 Å². The number of carbonyl (C=O) groups is 1. The topological polar surface area (TPSA) is 38.3 Å². The van der Waals surface area contributed by atoms with Gasteiger partial charge in [0.05, 0.1) is 10.3 Å². The first-order chi connectivity index (χ1) is 12.1. The number of benzene rings is 2. The molecule has 0 atom stereocenters. The summed E-state index contributed by atoms with van der Waals surface area (Å²) in [5.41, 5.74) is 1.16. The van der Waals surface area contributed by atoms with E-state index in [0.717, 1.165) is 12.1 Å². The zero-order valence-electron chi connectivity index (χ0n) is 13.3. The van der Waals surface area contributed by atoms with Gasteiger partial charge in [-0.3, -0.25) is 4.79 Å². The Hall–Kier alpha value is -1.73. The molecule has 2 aromatic carbocycles. The lowest BCUT2D eigenvalue weighted by Gasteiger charge is -2.21. The lowest BCUT2D eigenvalue weighted by molar-refractivity contribution is -0.118. The molecule has 0 aliphatic carbocycles. The smallest absolute Gasteiger partial charge is 0.262 e. The second kappa shape index (κ2) is 8.58. The van der Waals surface area contributed by atoms with E-state index in [9.17, 15) is 13.6 Å². The summed E-state index contributed by atoms with van der Waals surface area (Å²) in [6, 6.07) is 10.6. The van der Waals surface area contributed by atoms with Crippen molar-refractivity contribution in [1.82, 2.24) is 0 Å². The Morgan fingerprint density at radius 3 is 2.52 bits per heavy atom. The minimum atomic E-state index is -0.819. The highest BCUT2D eigenvalue weighted by atomic mass is 32.2. The summed E-state index contributed by atoms with van der Waals surface area (Å²) in [7, 11) is 0. The Kier molecular flexibility index (Phi) is 6.20. The highest BCUT2D eigenvalue weighted by Gasteiger charge is 2.16. The van der Waals surface area contributed by atoms with E-state index in [2.05, 4.69) is 5.32 Å². The minimum absolute atomic E-state index is 0.0725. The number of halogens is 2. The molecule has 0 bridgehead atoms. The molecule has 2 aromatic rings. The fourth-order valence-corrected chi connectivity index (χ4v) is 5.22. The normalized spacial score (nSPS) is 15.0. The highest BCUT2D eigenvalue weighted by molar-refractivity contribution is 8.16. The maximum Gasteiger partial charge on any atom is 0.262 e. The molecule has 1 aliphatic rings. The molecule has 0 aromatic heterocycles. The largest absolute Gasteiger partial charge is 0.484 e. The third-order valence-electron chi connectivity index (χ3n) is 3.55. The quantitative estimate of drug-likeness (QED) is 0.803. The van der Waals surface area contributed by atoms with Crippen molar-refractivity contribution >= 4 is 35.1 Å². The van der Waals surface area contributed by atoms with Crippen molar-refractivity contribution in [3.05, 3.63) is 59.7 Å². The average Bonchev–Trinajstić information content (AvgIpc) is 2.63. The molecule has 132 valence electrons. The van der Waals surface area contributed by atoms with Crippen molar-refractivity contribution in [2.24, 2.45) is 0 Å². The molecule has 1 N–H and O–H groups in total. The number of rotatable bonds is 5.